The molecule has 0 saturated carbocycles. The van der Waals surface area contributed by atoms with E-state index in [2.05, 4.69) is 4.98 Å². The van der Waals surface area contributed by atoms with Gasteiger partial charge in [-0.3, -0.25) is 0 Å². The highest BCUT2D eigenvalue weighted by molar-refractivity contribution is 7.11. The molecule has 28 heavy (non-hydrogen) atoms. The van der Waals surface area contributed by atoms with E-state index in [-0.39, 0.29) is 11.1 Å². The third-order valence-corrected chi connectivity index (χ3v) is 4.97. The summed E-state index contributed by atoms with van der Waals surface area (Å²) in [6, 6.07) is 16.4. The number of furan rings is 1. The van der Waals surface area contributed by atoms with Gasteiger partial charge in [0.15, 0.2) is 5.76 Å². The Kier molecular flexibility index (Phi) is 4.49. The van der Waals surface area contributed by atoms with Crippen LogP contribution < -0.4 is 0 Å². The van der Waals surface area contributed by atoms with Crippen molar-refractivity contribution in [2.24, 2.45) is 0 Å². The van der Waals surface area contributed by atoms with Crippen LogP contribution in [0.1, 0.15) is 16.1 Å². The molecular formula is C21H11F3N2OS. The maximum absolute atomic E-state index is 13.2. The molecule has 7 heteroatoms. The molecule has 0 N–H and O–H groups in total. The van der Waals surface area contributed by atoms with Gasteiger partial charge in [-0.05, 0) is 29.8 Å². The Morgan fingerprint density at radius 3 is 2.61 bits per heavy atom. The number of para-hydroxylation sites is 1. The third-order valence-electron chi connectivity index (χ3n) is 4.10. The first kappa shape index (κ1) is 18.0. The van der Waals surface area contributed by atoms with Gasteiger partial charge in [-0.25, -0.2) is 4.98 Å². The van der Waals surface area contributed by atoms with Gasteiger partial charge in [0, 0.05) is 10.8 Å². The van der Waals surface area contributed by atoms with Crippen molar-refractivity contribution in [1.29, 1.82) is 5.26 Å². The molecule has 0 atom stereocenters. The maximum Gasteiger partial charge on any atom is 0.416 e. The van der Waals surface area contributed by atoms with Crippen molar-refractivity contribution in [3.63, 3.8) is 0 Å². The predicted octanol–water partition coefficient (Wildman–Crippen LogP) is 6.64. The number of halogens is 3. The number of allylic oxidation sites excluding steroid dienone is 1. The highest BCUT2D eigenvalue weighted by atomic mass is 32.1. The van der Waals surface area contributed by atoms with E-state index in [1.807, 2.05) is 36.4 Å². The first-order valence-corrected chi connectivity index (χ1v) is 9.06. The Morgan fingerprint density at radius 2 is 1.86 bits per heavy atom. The molecule has 0 bridgehead atoms. The average molecular weight is 396 g/mol. The van der Waals surface area contributed by atoms with Gasteiger partial charge in [-0.2, -0.15) is 18.4 Å². The Labute approximate surface area is 162 Å². The summed E-state index contributed by atoms with van der Waals surface area (Å²) in [7, 11) is 0. The number of nitriles is 1. The van der Waals surface area contributed by atoms with Crippen LogP contribution in [0.3, 0.4) is 0 Å². The quantitative estimate of drug-likeness (QED) is 0.365. The van der Waals surface area contributed by atoms with Crippen molar-refractivity contribution in [2.75, 3.05) is 0 Å². The SMILES string of the molecule is N#CC(=Cc1ccccc1C(F)(F)F)c1nc(-c2cc3ccccc3o2)cs1. The number of rotatable bonds is 3. The number of alkyl halides is 3. The molecule has 2 heterocycles. The number of hydrogen-bond acceptors (Lipinski definition) is 4. The number of aromatic nitrogens is 1. The van der Waals surface area contributed by atoms with Crippen LogP contribution >= 0.6 is 11.3 Å². The Morgan fingerprint density at radius 1 is 1.11 bits per heavy atom. The predicted molar refractivity (Wildman–Crippen MR) is 102 cm³/mol. The van der Waals surface area contributed by atoms with Crippen molar-refractivity contribution in [2.45, 2.75) is 6.18 Å². The summed E-state index contributed by atoms with van der Waals surface area (Å²) in [6.07, 6.45) is -3.29. The van der Waals surface area contributed by atoms with Gasteiger partial charge in [0.05, 0.1) is 11.1 Å². The molecule has 0 aliphatic carbocycles. The average Bonchev–Trinajstić information content (AvgIpc) is 3.32. The van der Waals surface area contributed by atoms with Crippen LogP contribution in [-0.4, -0.2) is 4.98 Å². The molecule has 4 rings (SSSR count). The van der Waals surface area contributed by atoms with Gasteiger partial charge < -0.3 is 4.42 Å². The first-order chi connectivity index (χ1) is 13.5. The molecule has 0 unspecified atom stereocenters. The fourth-order valence-electron chi connectivity index (χ4n) is 2.80. The molecule has 2 aromatic carbocycles. The van der Waals surface area contributed by atoms with E-state index in [1.54, 1.807) is 5.38 Å². The molecule has 0 saturated heterocycles. The second kappa shape index (κ2) is 6.98. The lowest BCUT2D eigenvalue weighted by Crippen LogP contribution is -2.07. The molecule has 0 radical (unpaired) electrons. The van der Waals surface area contributed by atoms with Crippen LogP contribution in [0.5, 0.6) is 0 Å². The standard InChI is InChI=1S/C21H11F3N2OS/c22-21(23,24)16-7-3-1-5-13(16)9-15(11-25)20-26-17(12-28-20)19-10-14-6-2-4-8-18(14)27-19/h1-10,12H. The van der Waals surface area contributed by atoms with E-state index in [1.165, 1.54) is 35.6 Å². The number of nitrogens with zero attached hydrogens (tertiary/aromatic N) is 2. The monoisotopic (exact) mass is 396 g/mol. The summed E-state index contributed by atoms with van der Waals surface area (Å²) >= 11 is 1.18. The summed E-state index contributed by atoms with van der Waals surface area (Å²) in [4.78, 5) is 4.39. The lowest BCUT2D eigenvalue weighted by molar-refractivity contribution is -0.137. The Balaban J connectivity index is 1.73. The topological polar surface area (TPSA) is 49.8 Å². The summed E-state index contributed by atoms with van der Waals surface area (Å²) < 4.78 is 45.3. The maximum atomic E-state index is 13.2. The summed E-state index contributed by atoms with van der Waals surface area (Å²) in [5, 5.41) is 12.4. The van der Waals surface area contributed by atoms with Gasteiger partial charge in [0.25, 0.3) is 0 Å². The van der Waals surface area contributed by atoms with Gasteiger partial charge in [0.1, 0.15) is 22.4 Å². The first-order valence-electron chi connectivity index (χ1n) is 8.18. The van der Waals surface area contributed by atoms with Crippen molar-refractivity contribution in [3.8, 4) is 17.5 Å². The van der Waals surface area contributed by atoms with Gasteiger partial charge in [0.2, 0.25) is 0 Å². The lowest BCUT2D eigenvalue weighted by atomic mass is 10.0. The smallest absolute Gasteiger partial charge is 0.416 e. The number of benzene rings is 2. The molecule has 0 fully saturated rings. The van der Waals surface area contributed by atoms with Crippen LogP contribution in [0.4, 0.5) is 13.2 Å². The number of thiazole rings is 1. The third kappa shape index (κ3) is 3.42. The molecule has 0 aliphatic heterocycles. The molecule has 2 aromatic heterocycles. The van der Waals surface area contributed by atoms with E-state index in [9.17, 15) is 18.4 Å². The Bertz CT molecular complexity index is 1200. The minimum absolute atomic E-state index is 0.0593. The van der Waals surface area contributed by atoms with E-state index in [0.29, 0.717) is 22.0 Å². The zero-order valence-corrected chi connectivity index (χ0v) is 15.0. The molecule has 0 amide bonds. The van der Waals surface area contributed by atoms with Crippen molar-refractivity contribution >= 4 is 34.0 Å². The highest BCUT2D eigenvalue weighted by Crippen LogP contribution is 2.35. The minimum atomic E-state index is -4.50. The second-order valence-corrected chi connectivity index (χ2v) is 6.80. The van der Waals surface area contributed by atoms with Gasteiger partial charge in [-0.15, -0.1) is 11.3 Å². The van der Waals surface area contributed by atoms with Crippen LogP contribution in [-0.2, 0) is 6.18 Å². The van der Waals surface area contributed by atoms with E-state index in [0.717, 1.165) is 11.5 Å². The van der Waals surface area contributed by atoms with Crippen LogP contribution in [0.2, 0.25) is 0 Å². The molecule has 3 nitrogen and oxygen atoms in total. The van der Waals surface area contributed by atoms with Crippen LogP contribution in [0.15, 0.2) is 64.4 Å². The van der Waals surface area contributed by atoms with E-state index < -0.39 is 11.7 Å². The number of hydrogen-bond donors (Lipinski definition) is 0. The lowest BCUT2D eigenvalue weighted by Gasteiger charge is -2.09. The second-order valence-electron chi connectivity index (χ2n) is 5.94. The molecule has 0 spiro atoms. The number of fused-ring (bicyclic) bond motifs is 1. The molecule has 4 aromatic rings. The molecule has 0 aliphatic rings. The normalized spacial score (nSPS) is 12.3. The molecule has 138 valence electrons. The Hall–Kier alpha value is -3.37. The van der Waals surface area contributed by atoms with Crippen LogP contribution in [0, 0.1) is 11.3 Å². The zero-order chi connectivity index (χ0) is 19.7. The van der Waals surface area contributed by atoms with Gasteiger partial charge >= 0.3 is 6.18 Å². The fourth-order valence-corrected chi connectivity index (χ4v) is 3.57. The largest absolute Gasteiger partial charge is 0.454 e. The highest BCUT2D eigenvalue weighted by Gasteiger charge is 2.32. The zero-order valence-electron chi connectivity index (χ0n) is 14.2. The van der Waals surface area contributed by atoms with Crippen LogP contribution in [0.25, 0.3) is 34.1 Å². The van der Waals surface area contributed by atoms with Crippen molar-refractivity contribution in [1.82, 2.24) is 4.98 Å². The van der Waals surface area contributed by atoms with Crippen molar-refractivity contribution in [3.05, 3.63) is 76.1 Å². The summed E-state index contributed by atoms with van der Waals surface area (Å²) in [5.41, 5.74) is 0.427. The fraction of sp³-hybridized carbons (Fsp3) is 0.0476. The molecular weight excluding hydrogens is 385 g/mol. The van der Waals surface area contributed by atoms with E-state index in [4.69, 9.17) is 4.42 Å². The van der Waals surface area contributed by atoms with Crippen molar-refractivity contribution < 1.29 is 17.6 Å². The van der Waals surface area contributed by atoms with E-state index >= 15 is 0 Å². The summed E-state index contributed by atoms with van der Waals surface area (Å²) in [5.74, 6) is 0.539. The van der Waals surface area contributed by atoms with Gasteiger partial charge in [-0.1, -0.05) is 36.4 Å². The minimum Gasteiger partial charge on any atom is -0.454 e. The summed E-state index contributed by atoms with van der Waals surface area (Å²) in [6.45, 7) is 0.